The third kappa shape index (κ3) is 7.74. The molecule has 0 heterocycles. The summed E-state index contributed by atoms with van der Waals surface area (Å²) in [6.07, 6.45) is 6.60. The first-order chi connectivity index (χ1) is 8.19. The summed E-state index contributed by atoms with van der Waals surface area (Å²) in [7, 11) is 0. The number of unbranched alkanes of at least 4 members (excludes halogenated alkanes) is 1. The Morgan fingerprint density at radius 1 is 1.12 bits per heavy atom. The summed E-state index contributed by atoms with van der Waals surface area (Å²) >= 11 is 0. The maximum absolute atomic E-state index is 9.28. The first kappa shape index (κ1) is 16.9. The van der Waals surface area contributed by atoms with Crippen molar-refractivity contribution in [3.8, 4) is 0 Å². The molecule has 0 aliphatic heterocycles. The van der Waals surface area contributed by atoms with E-state index in [2.05, 4.69) is 20.8 Å². The summed E-state index contributed by atoms with van der Waals surface area (Å²) in [4.78, 5) is 0. The molecule has 104 valence electrons. The maximum Gasteiger partial charge on any atom is 0.0956 e. The van der Waals surface area contributed by atoms with Gasteiger partial charge in [0.05, 0.1) is 12.7 Å². The molecule has 0 aliphatic carbocycles. The Morgan fingerprint density at radius 2 is 1.82 bits per heavy atom. The van der Waals surface area contributed by atoms with Crippen molar-refractivity contribution in [3.05, 3.63) is 0 Å². The van der Waals surface area contributed by atoms with Crippen LogP contribution < -0.4 is 5.73 Å². The molecular weight excluding hydrogens is 214 g/mol. The summed E-state index contributed by atoms with van der Waals surface area (Å²) in [6.45, 7) is 7.28. The van der Waals surface area contributed by atoms with E-state index in [0.717, 1.165) is 25.9 Å². The lowest BCUT2D eigenvalue weighted by Crippen LogP contribution is -2.40. The van der Waals surface area contributed by atoms with Gasteiger partial charge < -0.3 is 15.6 Å². The first-order valence-corrected chi connectivity index (χ1v) is 7.17. The van der Waals surface area contributed by atoms with Crippen LogP contribution in [0.5, 0.6) is 0 Å². The molecule has 0 radical (unpaired) electrons. The topological polar surface area (TPSA) is 55.5 Å². The van der Waals surface area contributed by atoms with Gasteiger partial charge in [0.1, 0.15) is 0 Å². The van der Waals surface area contributed by atoms with E-state index in [1.165, 1.54) is 19.3 Å². The molecule has 3 heteroatoms. The van der Waals surface area contributed by atoms with Crippen LogP contribution in [0.15, 0.2) is 0 Å². The van der Waals surface area contributed by atoms with E-state index in [4.69, 9.17) is 10.5 Å². The van der Waals surface area contributed by atoms with Crippen LogP contribution in [0.4, 0.5) is 0 Å². The molecule has 0 amide bonds. The Labute approximate surface area is 107 Å². The van der Waals surface area contributed by atoms with E-state index >= 15 is 0 Å². The van der Waals surface area contributed by atoms with Crippen LogP contribution in [-0.2, 0) is 4.74 Å². The molecule has 0 bridgehead atoms. The SMILES string of the molecule is CCCCC(CC)COC(CO)C(N)CCC. The highest BCUT2D eigenvalue weighted by atomic mass is 16.5. The van der Waals surface area contributed by atoms with Crippen molar-refractivity contribution in [2.24, 2.45) is 11.7 Å². The highest BCUT2D eigenvalue weighted by molar-refractivity contribution is 4.72. The fourth-order valence-electron chi connectivity index (χ4n) is 1.99. The van der Waals surface area contributed by atoms with Crippen LogP contribution in [-0.4, -0.2) is 30.5 Å². The van der Waals surface area contributed by atoms with Gasteiger partial charge in [-0.05, 0) is 18.8 Å². The van der Waals surface area contributed by atoms with Crippen LogP contribution in [0.1, 0.15) is 59.3 Å². The largest absolute Gasteiger partial charge is 0.394 e. The van der Waals surface area contributed by atoms with Gasteiger partial charge in [0.25, 0.3) is 0 Å². The van der Waals surface area contributed by atoms with Crippen LogP contribution in [0, 0.1) is 5.92 Å². The number of nitrogens with two attached hydrogens (primary N) is 1. The van der Waals surface area contributed by atoms with Crippen molar-refractivity contribution in [2.75, 3.05) is 13.2 Å². The second kappa shape index (κ2) is 11.0. The van der Waals surface area contributed by atoms with Gasteiger partial charge in [0.2, 0.25) is 0 Å². The fraction of sp³-hybridized carbons (Fsp3) is 1.00. The van der Waals surface area contributed by atoms with Crippen molar-refractivity contribution < 1.29 is 9.84 Å². The molecule has 0 aromatic carbocycles. The Bertz CT molecular complexity index is 164. The van der Waals surface area contributed by atoms with Gasteiger partial charge in [0.15, 0.2) is 0 Å². The normalized spacial score (nSPS) is 16.8. The molecule has 3 nitrogen and oxygen atoms in total. The van der Waals surface area contributed by atoms with Crippen molar-refractivity contribution >= 4 is 0 Å². The minimum atomic E-state index is -0.189. The highest BCUT2D eigenvalue weighted by Gasteiger charge is 2.18. The predicted molar refractivity (Wildman–Crippen MR) is 73.0 cm³/mol. The summed E-state index contributed by atoms with van der Waals surface area (Å²) < 4.78 is 5.78. The zero-order valence-corrected chi connectivity index (χ0v) is 11.8. The van der Waals surface area contributed by atoms with Gasteiger partial charge in [-0.2, -0.15) is 0 Å². The summed E-state index contributed by atoms with van der Waals surface area (Å²) in [6, 6.07) is -0.0336. The van der Waals surface area contributed by atoms with E-state index in [9.17, 15) is 5.11 Å². The standard InChI is InChI=1S/C14H31NO2/c1-4-7-9-12(6-3)11-17-14(10-16)13(15)8-5-2/h12-14,16H,4-11,15H2,1-3H3. The minimum absolute atomic E-state index is 0.0331. The fourth-order valence-corrected chi connectivity index (χ4v) is 1.99. The number of hydrogen-bond acceptors (Lipinski definition) is 3. The first-order valence-electron chi connectivity index (χ1n) is 7.17. The van der Waals surface area contributed by atoms with Gasteiger partial charge in [-0.3, -0.25) is 0 Å². The molecule has 0 aromatic rings. The second-order valence-corrected chi connectivity index (χ2v) is 4.92. The Balaban J connectivity index is 3.93. The zero-order chi connectivity index (χ0) is 13.1. The second-order valence-electron chi connectivity index (χ2n) is 4.92. The summed E-state index contributed by atoms with van der Waals surface area (Å²) in [5.41, 5.74) is 5.98. The molecule has 0 spiro atoms. The van der Waals surface area contributed by atoms with Gasteiger partial charge in [-0.25, -0.2) is 0 Å². The van der Waals surface area contributed by atoms with E-state index in [1.807, 2.05) is 0 Å². The summed E-state index contributed by atoms with van der Waals surface area (Å²) in [5.74, 6) is 0.609. The van der Waals surface area contributed by atoms with Crippen LogP contribution in [0.3, 0.4) is 0 Å². The van der Waals surface area contributed by atoms with Crippen LogP contribution in [0.25, 0.3) is 0 Å². The lowest BCUT2D eigenvalue weighted by molar-refractivity contribution is -0.0218. The molecule has 17 heavy (non-hydrogen) atoms. The van der Waals surface area contributed by atoms with Crippen molar-refractivity contribution in [1.82, 2.24) is 0 Å². The molecular formula is C14H31NO2. The molecule has 3 atom stereocenters. The number of hydrogen-bond donors (Lipinski definition) is 2. The monoisotopic (exact) mass is 245 g/mol. The van der Waals surface area contributed by atoms with Gasteiger partial charge in [-0.1, -0.05) is 46.5 Å². The molecule has 3 unspecified atom stereocenters. The number of aliphatic hydroxyl groups excluding tert-OH is 1. The third-order valence-electron chi connectivity index (χ3n) is 3.37. The Hall–Kier alpha value is -0.120. The lowest BCUT2D eigenvalue weighted by Gasteiger charge is -2.24. The molecule has 0 saturated heterocycles. The smallest absolute Gasteiger partial charge is 0.0956 e. The quantitative estimate of drug-likeness (QED) is 0.588. The minimum Gasteiger partial charge on any atom is -0.394 e. The molecule has 3 N–H and O–H groups in total. The van der Waals surface area contributed by atoms with E-state index in [0.29, 0.717) is 5.92 Å². The molecule has 0 aliphatic rings. The number of rotatable bonds is 11. The average molecular weight is 245 g/mol. The highest BCUT2D eigenvalue weighted by Crippen LogP contribution is 2.15. The van der Waals surface area contributed by atoms with Gasteiger partial charge >= 0.3 is 0 Å². The zero-order valence-electron chi connectivity index (χ0n) is 11.8. The van der Waals surface area contributed by atoms with Crippen molar-refractivity contribution in [3.63, 3.8) is 0 Å². The van der Waals surface area contributed by atoms with Crippen LogP contribution >= 0.6 is 0 Å². The van der Waals surface area contributed by atoms with E-state index in [-0.39, 0.29) is 18.8 Å². The van der Waals surface area contributed by atoms with Gasteiger partial charge in [0, 0.05) is 12.6 Å². The van der Waals surface area contributed by atoms with Gasteiger partial charge in [-0.15, -0.1) is 0 Å². The Morgan fingerprint density at radius 3 is 2.29 bits per heavy atom. The van der Waals surface area contributed by atoms with Crippen LogP contribution in [0.2, 0.25) is 0 Å². The summed E-state index contributed by atoms with van der Waals surface area (Å²) in [5, 5.41) is 9.28. The molecule has 0 aromatic heterocycles. The Kier molecular flexibility index (Phi) is 10.9. The third-order valence-corrected chi connectivity index (χ3v) is 3.37. The molecule has 0 saturated carbocycles. The average Bonchev–Trinajstić information content (AvgIpc) is 2.34. The van der Waals surface area contributed by atoms with Crippen molar-refractivity contribution in [1.29, 1.82) is 0 Å². The number of aliphatic hydroxyl groups is 1. The van der Waals surface area contributed by atoms with E-state index < -0.39 is 0 Å². The predicted octanol–water partition coefficient (Wildman–Crippen LogP) is 2.71. The van der Waals surface area contributed by atoms with E-state index in [1.54, 1.807) is 0 Å². The van der Waals surface area contributed by atoms with Crippen molar-refractivity contribution in [2.45, 2.75) is 71.4 Å². The molecule has 0 rings (SSSR count). The maximum atomic E-state index is 9.28. The molecule has 0 fully saturated rings. The lowest BCUT2D eigenvalue weighted by atomic mass is 10.00. The number of ether oxygens (including phenoxy) is 1.